The van der Waals surface area contributed by atoms with Gasteiger partial charge in [-0.15, -0.1) is 0 Å². The summed E-state index contributed by atoms with van der Waals surface area (Å²) in [5, 5.41) is 3.68. The zero-order valence-corrected chi connectivity index (χ0v) is 10.6. The molecule has 0 saturated heterocycles. The number of rotatable bonds is 4. The van der Waals surface area contributed by atoms with Crippen molar-refractivity contribution in [2.45, 2.75) is 38.8 Å². The SMILES string of the molecule is CC(N[C@@H](C)c1ccco1)C1CC2C=CC1C2. The second-order valence-electron chi connectivity index (χ2n) is 5.64. The summed E-state index contributed by atoms with van der Waals surface area (Å²) in [7, 11) is 0. The molecule has 4 unspecified atom stereocenters. The molecule has 0 radical (unpaired) electrons. The maximum Gasteiger partial charge on any atom is 0.120 e. The van der Waals surface area contributed by atoms with Crippen LogP contribution in [0.5, 0.6) is 0 Å². The topological polar surface area (TPSA) is 25.2 Å². The molecule has 17 heavy (non-hydrogen) atoms. The second-order valence-corrected chi connectivity index (χ2v) is 5.64. The Morgan fingerprint density at radius 1 is 1.29 bits per heavy atom. The van der Waals surface area contributed by atoms with Gasteiger partial charge in [0.1, 0.15) is 5.76 Å². The standard InChI is InChI=1S/C15H21NO/c1-10(14-9-12-5-6-13(14)8-12)16-11(2)15-4-3-7-17-15/h3-7,10-14,16H,8-9H2,1-2H3/t10?,11-,12?,13?,14?/m0/s1. The van der Waals surface area contributed by atoms with Gasteiger partial charge < -0.3 is 9.73 Å². The lowest BCUT2D eigenvalue weighted by Crippen LogP contribution is -2.37. The lowest BCUT2D eigenvalue weighted by molar-refractivity contribution is 0.292. The van der Waals surface area contributed by atoms with Crippen LogP contribution in [0, 0.1) is 17.8 Å². The van der Waals surface area contributed by atoms with Gasteiger partial charge in [0.15, 0.2) is 0 Å². The Kier molecular flexibility index (Phi) is 2.83. The van der Waals surface area contributed by atoms with E-state index in [0.717, 1.165) is 23.5 Å². The van der Waals surface area contributed by atoms with Crippen molar-refractivity contribution in [3.05, 3.63) is 36.3 Å². The molecule has 3 rings (SSSR count). The molecule has 2 heteroatoms. The molecule has 1 fully saturated rings. The highest BCUT2D eigenvalue weighted by Crippen LogP contribution is 2.45. The highest BCUT2D eigenvalue weighted by Gasteiger charge is 2.38. The molecular weight excluding hydrogens is 210 g/mol. The van der Waals surface area contributed by atoms with E-state index < -0.39 is 0 Å². The van der Waals surface area contributed by atoms with Crippen LogP contribution in [0.2, 0.25) is 0 Å². The summed E-state index contributed by atoms with van der Waals surface area (Å²) < 4.78 is 5.44. The minimum atomic E-state index is 0.308. The third-order valence-corrected chi connectivity index (χ3v) is 4.46. The van der Waals surface area contributed by atoms with Crippen molar-refractivity contribution in [3.8, 4) is 0 Å². The highest BCUT2D eigenvalue weighted by molar-refractivity contribution is 5.12. The Morgan fingerprint density at radius 3 is 2.76 bits per heavy atom. The zero-order valence-electron chi connectivity index (χ0n) is 10.6. The summed E-state index contributed by atoms with van der Waals surface area (Å²) in [6.45, 7) is 4.50. The molecule has 92 valence electrons. The first-order chi connectivity index (χ1) is 8.24. The van der Waals surface area contributed by atoms with Gasteiger partial charge in [-0.05, 0) is 56.6 Å². The van der Waals surface area contributed by atoms with Crippen molar-refractivity contribution in [2.75, 3.05) is 0 Å². The Labute approximate surface area is 103 Å². The summed E-state index contributed by atoms with van der Waals surface area (Å²) in [5.74, 6) is 3.51. The number of nitrogens with one attached hydrogen (secondary N) is 1. The van der Waals surface area contributed by atoms with Crippen LogP contribution >= 0.6 is 0 Å². The van der Waals surface area contributed by atoms with Crippen molar-refractivity contribution >= 4 is 0 Å². The van der Waals surface area contributed by atoms with E-state index in [1.807, 2.05) is 12.1 Å². The molecule has 0 amide bonds. The van der Waals surface area contributed by atoms with Crippen LogP contribution in [0.1, 0.15) is 38.5 Å². The maximum absolute atomic E-state index is 5.44. The predicted molar refractivity (Wildman–Crippen MR) is 68.6 cm³/mol. The van der Waals surface area contributed by atoms with Gasteiger partial charge in [0, 0.05) is 6.04 Å². The van der Waals surface area contributed by atoms with Crippen molar-refractivity contribution in [2.24, 2.45) is 17.8 Å². The van der Waals surface area contributed by atoms with Crippen molar-refractivity contribution in [1.82, 2.24) is 5.32 Å². The molecule has 2 aliphatic rings. The van der Waals surface area contributed by atoms with Crippen molar-refractivity contribution < 1.29 is 4.42 Å². The number of hydrogen-bond acceptors (Lipinski definition) is 2. The van der Waals surface area contributed by atoms with E-state index in [4.69, 9.17) is 4.42 Å². The van der Waals surface area contributed by atoms with Gasteiger partial charge in [-0.25, -0.2) is 0 Å². The van der Waals surface area contributed by atoms with E-state index in [9.17, 15) is 0 Å². The van der Waals surface area contributed by atoms with Gasteiger partial charge in [-0.1, -0.05) is 12.2 Å². The van der Waals surface area contributed by atoms with Crippen molar-refractivity contribution in [1.29, 1.82) is 0 Å². The van der Waals surface area contributed by atoms with Crippen LogP contribution in [-0.4, -0.2) is 6.04 Å². The van der Waals surface area contributed by atoms with E-state index in [1.54, 1.807) is 6.26 Å². The first-order valence-electron chi connectivity index (χ1n) is 6.72. The average Bonchev–Trinajstić information content (AvgIpc) is 3.05. The van der Waals surface area contributed by atoms with Crippen LogP contribution in [0.4, 0.5) is 0 Å². The lowest BCUT2D eigenvalue weighted by atomic mass is 9.87. The fourth-order valence-electron chi connectivity index (χ4n) is 3.54. The zero-order chi connectivity index (χ0) is 11.8. The Balaban J connectivity index is 1.60. The minimum absolute atomic E-state index is 0.308. The first-order valence-corrected chi connectivity index (χ1v) is 6.72. The van der Waals surface area contributed by atoms with E-state index >= 15 is 0 Å². The highest BCUT2D eigenvalue weighted by atomic mass is 16.3. The number of furan rings is 1. The summed E-state index contributed by atoms with van der Waals surface area (Å²) in [6.07, 6.45) is 9.32. The number of fused-ring (bicyclic) bond motifs is 2. The quantitative estimate of drug-likeness (QED) is 0.802. The predicted octanol–water partition coefficient (Wildman–Crippen LogP) is 3.53. The molecule has 5 atom stereocenters. The molecule has 1 heterocycles. The van der Waals surface area contributed by atoms with E-state index in [0.29, 0.717) is 12.1 Å². The fraction of sp³-hybridized carbons (Fsp3) is 0.600. The minimum Gasteiger partial charge on any atom is -0.468 e. The molecule has 1 aromatic rings. The van der Waals surface area contributed by atoms with Crippen LogP contribution in [0.15, 0.2) is 35.0 Å². The summed E-state index contributed by atoms with van der Waals surface area (Å²) in [6, 6.07) is 4.88. The maximum atomic E-state index is 5.44. The number of hydrogen-bond donors (Lipinski definition) is 1. The molecule has 0 aromatic carbocycles. The van der Waals surface area contributed by atoms with Gasteiger partial charge in [0.2, 0.25) is 0 Å². The molecule has 1 saturated carbocycles. The molecular formula is C15H21NO. The smallest absolute Gasteiger partial charge is 0.120 e. The second kappa shape index (κ2) is 4.34. The van der Waals surface area contributed by atoms with E-state index in [2.05, 4.69) is 31.3 Å². The molecule has 2 bridgehead atoms. The first kappa shape index (κ1) is 11.1. The number of allylic oxidation sites excluding steroid dienone is 2. The van der Waals surface area contributed by atoms with Gasteiger partial charge in [0.25, 0.3) is 0 Å². The van der Waals surface area contributed by atoms with Crippen LogP contribution in [-0.2, 0) is 0 Å². The molecule has 1 N–H and O–H groups in total. The molecule has 2 aliphatic carbocycles. The third-order valence-electron chi connectivity index (χ3n) is 4.46. The normalized spacial score (nSPS) is 34.1. The summed E-state index contributed by atoms with van der Waals surface area (Å²) >= 11 is 0. The molecule has 0 spiro atoms. The van der Waals surface area contributed by atoms with Crippen LogP contribution in [0.3, 0.4) is 0 Å². The van der Waals surface area contributed by atoms with Crippen molar-refractivity contribution in [3.63, 3.8) is 0 Å². The molecule has 2 nitrogen and oxygen atoms in total. The van der Waals surface area contributed by atoms with Crippen LogP contribution < -0.4 is 5.32 Å². The van der Waals surface area contributed by atoms with Crippen LogP contribution in [0.25, 0.3) is 0 Å². The monoisotopic (exact) mass is 231 g/mol. The van der Waals surface area contributed by atoms with Gasteiger partial charge in [-0.2, -0.15) is 0 Å². The van der Waals surface area contributed by atoms with Gasteiger partial charge >= 0.3 is 0 Å². The van der Waals surface area contributed by atoms with E-state index in [-0.39, 0.29) is 0 Å². The lowest BCUT2D eigenvalue weighted by Gasteiger charge is -2.28. The largest absolute Gasteiger partial charge is 0.468 e. The fourth-order valence-corrected chi connectivity index (χ4v) is 3.54. The van der Waals surface area contributed by atoms with E-state index in [1.165, 1.54) is 12.8 Å². The van der Waals surface area contributed by atoms with Gasteiger partial charge in [0.05, 0.1) is 12.3 Å². The molecule has 0 aliphatic heterocycles. The Morgan fingerprint density at radius 2 is 2.18 bits per heavy atom. The van der Waals surface area contributed by atoms with Gasteiger partial charge in [-0.3, -0.25) is 0 Å². The molecule has 1 aromatic heterocycles. The Hall–Kier alpha value is -1.02. The summed E-state index contributed by atoms with van der Waals surface area (Å²) in [5.41, 5.74) is 0. The average molecular weight is 231 g/mol. The third kappa shape index (κ3) is 2.06. The summed E-state index contributed by atoms with van der Waals surface area (Å²) in [4.78, 5) is 0. The Bertz CT molecular complexity index is 395.